The number of nitrogens with zero attached hydrogens (tertiary/aromatic N) is 3. The van der Waals surface area contributed by atoms with Gasteiger partial charge in [-0.25, -0.2) is 14.2 Å². The van der Waals surface area contributed by atoms with Gasteiger partial charge >= 0.3 is 17.3 Å². The van der Waals surface area contributed by atoms with E-state index in [9.17, 15) is 14.4 Å². The lowest BCUT2D eigenvalue weighted by Gasteiger charge is -2.18. The van der Waals surface area contributed by atoms with Gasteiger partial charge in [0, 0.05) is 17.3 Å². The Hall–Kier alpha value is -3.30. The van der Waals surface area contributed by atoms with Gasteiger partial charge in [0.05, 0.1) is 30.7 Å². The first-order chi connectivity index (χ1) is 16.6. The predicted octanol–water partition coefficient (Wildman–Crippen LogP) is 4.10. The minimum Gasteiger partial charge on any atom is -0.489 e. The quantitative estimate of drug-likeness (QED) is 0.423. The Labute approximate surface area is 212 Å². The molecule has 0 spiro atoms. The number of methoxy groups -OCH3 is 1. The molecule has 1 N–H and O–H groups in total. The number of carbonyl (C=O) groups excluding carboxylic acids is 1. The maximum absolute atomic E-state index is 13.4. The average Bonchev–Trinajstić information content (AvgIpc) is 2.81. The summed E-state index contributed by atoms with van der Waals surface area (Å²) in [5, 5.41) is 3.91. The molecule has 0 fully saturated rings. The van der Waals surface area contributed by atoms with Gasteiger partial charge in [-0.3, -0.25) is 9.36 Å². The van der Waals surface area contributed by atoms with Crippen molar-refractivity contribution in [3.8, 4) is 5.75 Å². The van der Waals surface area contributed by atoms with Gasteiger partial charge in [-0.1, -0.05) is 42.3 Å². The molecular weight excluding hydrogens is 495 g/mol. The summed E-state index contributed by atoms with van der Waals surface area (Å²) >= 11 is 12.3. The molecule has 0 amide bonds. The van der Waals surface area contributed by atoms with Crippen LogP contribution in [0, 0.1) is 5.92 Å². The van der Waals surface area contributed by atoms with E-state index in [-0.39, 0.29) is 25.1 Å². The number of esters is 1. The van der Waals surface area contributed by atoms with E-state index in [0.717, 1.165) is 10.1 Å². The van der Waals surface area contributed by atoms with Crippen LogP contribution in [0.4, 0.5) is 11.6 Å². The van der Waals surface area contributed by atoms with Crippen LogP contribution in [0.2, 0.25) is 10.0 Å². The summed E-state index contributed by atoms with van der Waals surface area (Å²) in [6.45, 7) is 5.26. The monoisotopic (exact) mass is 520 g/mol. The van der Waals surface area contributed by atoms with E-state index in [4.69, 9.17) is 32.7 Å². The van der Waals surface area contributed by atoms with Gasteiger partial charge in [0.1, 0.15) is 5.75 Å². The highest BCUT2D eigenvalue weighted by atomic mass is 35.5. The number of halogens is 2. The van der Waals surface area contributed by atoms with E-state index in [1.165, 1.54) is 11.7 Å². The van der Waals surface area contributed by atoms with Crippen molar-refractivity contribution < 1.29 is 14.3 Å². The molecule has 9 nitrogen and oxygen atoms in total. The van der Waals surface area contributed by atoms with E-state index in [2.05, 4.69) is 10.3 Å². The van der Waals surface area contributed by atoms with Gasteiger partial charge in [0.25, 0.3) is 0 Å². The molecule has 0 bridgehead atoms. The maximum atomic E-state index is 13.4. The second-order valence-corrected chi connectivity index (χ2v) is 9.03. The highest BCUT2D eigenvalue weighted by Gasteiger charge is 2.20. The molecule has 1 atom stereocenters. The summed E-state index contributed by atoms with van der Waals surface area (Å²) in [4.78, 5) is 42.1. The zero-order chi connectivity index (χ0) is 25.7. The summed E-state index contributed by atoms with van der Waals surface area (Å²) in [5.41, 5.74) is -0.176. The van der Waals surface area contributed by atoms with Crippen LogP contribution in [-0.4, -0.2) is 33.3 Å². The number of ether oxygens (including phenoxy) is 2. The van der Waals surface area contributed by atoms with Crippen LogP contribution in [0.1, 0.15) is 26.3 Å². The van der Waals surface area contributed by atoms with Crippen LogP contribution in [-0.2, 0) is 22.6 Å². The van der Waals surface area contributed by atoms with Crippen LogP contribution in [0.25, 0.3) is 0 Å². The van der Waals surface area contributed by atoms with Gasteiger partial charge < -0.3 is 14.8 Å². The van der Waals surface area contributed by atoms with Crippen molar-refractivity contribution in [3.05, 3.63) is 79.0 Å². The van der Waals surface area contributed by atoms with E-state index >= 15 is 0 Å². The van der Waals surface area contributed by atoms with Gasteiger partial charge in [-0.05, 0) is 49.7 Å². The molecule has 1 aromatic heterocycles. The Balaban J connectivity index is 2.04. The van der Waals surface area contributed by atoms with E-state index in [1.54, 1.807) is 49.4 Å². The highest BCUT2D eigenvalue weighted by Crippen LogP contribution is 2.29. The number of hydrogen-bond acceptors (Lipinski definition) is 7. The molecule has 0 saturated carbocycles. The van der Waals surface area contributed by atoms with Crippen LogP contribution in [0.15, 0.2) is 52.1 Å². The molecule has 0 unspecified atom stereocenters. The lowest BCUT2D eigenvalue weighted by molar-refractivity contribution is -0.145. The number of anilines is 2. The summed E-state index contributed by atoms with van der Waals surface area (Å²) in [6.07, 6.45) is -0.0579. The van der Waals surface area contributed by atoms with E-state index in [0.29, 0.717) is 21.5 Å². The minimum absolute atomic E-state index is 0.0190. The standard InChI is InChI=1S/C24H26Cl2N4O5/c1-14(2)35-20-10-9-18(11-19(20)26)27-22-28-23(32)30(12-15(3)21(31)34-4)24(33)29(22)13-16-5-7-17(25)8-6-16/h5-11,14-15H,12-13H2,1-4H3,(H,27,28,32)/t15-/m1/s1. The summed E-state index contributed by atoms with van der Waals surface area (Å²) in [7, 11) is 1.24. The third-order valence-corrected chi connectivity index (χ3v) is 5.56. The zero-order valence-corrected chi connectivity index (χ0v) is 21.3. The van der Waals surface area contributed by atoms with Crippen molar-refractivity contribution in [2.75, 3.05) is 12.4 Å². The molecule has 1 heterocycles. The topological polar surface area (TPSA) is 104 Å². The molecule has 0 aliphatic heterocycles. The fraction of sp³-hybridized carbons (Fsp3) is 0.333. The summed E-state index contributed by atoms with van der Waals surface area (Å²) in [6, 6.07) is 11.9. The lowest BCUT2D eigenvalue weighted by Crippen LogP contribution is -2.44. The fourth-order valence-electron chi connectivity index (χ4n) is 3.30. The number of aromatic nitrogens is 3. The van der Waals surface area contributed by atoms with Gasteiger partial charge in [-0.2, -0.15) is 4.98 Å². The number of hydrogen-bond donors (Lipinski definition) is 1. The zero-order valence-electron chi connectivity index (χ0n) is 19.7. The molecule has 3 rings (SSSR count). The smallest absolute Gasteiger partial charge is 0.354 e. The first kappa shape index (κ1) is 26.3. The third-order valence-electron chi connectivity index (χ3n) is 5.01. The Bertz CT molecular complexity index is 1320. The van der Waals surface area contributed by atoms with Crippen molar-refractivity contribution in [2.24, 2.45) is 5.92 Å². The van der Waals surface area contributed by atoms with Crippen LogP contribution >= 0.6 is 23.2 Å². The Kier molecular flexibility index (Phi) is 8.58. The van der Waals surface area contributed by atoms with E-state index in [1.807, 2.05) is 13.8 Å². The average molecular weight is 521 g/mol. The first-order valence-electron chi connectivity index (χ1n) is 10.9. The molecule has 0 radical (unpaired) electrons. The number of rotatable bonds is 9. The second-order valence-electron chi connectivity index (χ2n) is 8.18. The van der Waals surface area contributed by atoms with Gasteiger partial charge in [-0.15, -0.1) is 0 Å². The number of benzene rings is 2. The van der Waals surface area contributed by atoms with Crippen LogP contribution in [0.5, 0.6) is 5.75 Å². The van der Waals surface area contributed by atoms with Crippen LogP contribution < -0.4 is 21.4 Å². The second kappa shape index (κ2) is 11.4. The fourth-order valence-corrected chi connectivity index (χ4v) is 3.65. The molecule has 186 valence electrons. The van der Waals surface area contributed by atoms with Crippen molar-refractivity contribution >= 4 is 40.8 Å². The van der Waals surface area contributed by atoms with Crippen molar-refractivity contribution in [1.29, 1.82) is 0 Å². The Morgan fingerprint density at radius 2 is 1.74 bits per heavy atom. The maximum Gasteiger partial charge on any atom is 0.354 e. The molecule has 35 heavy (non-hydrogen) atoms. The SMILES string of the molecule is COC(=O)[C@H](C)Cn1c(=O)nc(Nc2ccc(OC(C)C)c(Cl)c2)n(Cc2ccc(Cl)cc2)c1=O. The molecular formula is C24H26Cl2N4O5. The number of carbonyl (C=O) groups is 1. The Morgan fingerprint density at radius 3 is 2.34 bits per heavy atom. The molecule has 2 aromatic carbocycles. The summed E-state index contributed by atoms with van der Waals surface area (Å²) in [5.74, 6) is -0.736. The normalized spacial score (nSPS) is 11.9. The largest absolute Gasteiger partial charge is 0.489 e. The van der Waals surface area contributed by atoms with Crippen molar-refractivity contribution in [1.82, 2.24) is 14.1 Å². The molecule has 3 aromatic rings. The number of nitrogens with one attached hydrogen (secondary N) is 1. The van der Waals surface area contributed by atoms with Crippen molar-refractivity contribution in [3.63, 3.8) is 0 Å². The van der Waals surface area contributed by atoms with Crippen LogP contribution in [0.3, 0.4) is 0 Å². The lowest BCUT2D eigenvalue weighted by atomic mass is 10.2. The summed E-state index contributed by atoms with van der Waals surface area (Å²) < 4.78 is 12.6. The van der Waals surface area contributed by atoms with E-state index < -0.39 is 23.3 Å². The minimum atomic E-state index is -0.800. The molecule has 11 heteroatoms. The first-order valence-corrected chi connectivity index (χ1v) is 11.6. The predicted molar refractivity (Wildman–Crippen MR) is 135 cm³/mol. The highest BCUT2D eigenvalue weighted by molar-refractivity contribution is 6.32. The molecule has 0 aliphatic rings. The van der Waals surface area contributed by atoms with Gasteiger partial charge in [0.2, 0.25) is 5.95 Å². The Morgan fingerprint density at radius 1 is 1.06 bits per heavy atom. The van der Waals surface area contributed by atoms with Gasteiger partial charge in [0.15, 0.2) is 0 Å². The molecule has 0 saturated heterocycles. The third kappa shape index (κ3) is 6.64. The van der Waals surface area contributed by atoms with Crippen molar-refractivity contribution in [2.45, 2.75) is 40.0 Å². The molecule has 0 aliphatic carbocycles.